The molecule has 1 aliphatic heterocycles. The number of halogens is 2. The highest BCUT2D eigenvalue weighted by molar-refractivity contribution is 5.92. The average molecular weight is 525 g/mol. The highest BCUT2D eigenvalue weighted by Gasteiger charge is 2.37. The molecule has 1 aliphatic rings. The Kier molecular flexibility index (Phi) is 6.86. The summed E-state index contributed by atoms with van der Waals surface area (Å²) in [5.74, 6) is -0.678. The van der Waals surface area contributed by atoms with Gasteiger partial charge in [-0.2, -0.15) is 10.5 Å². The monoisotopic (exact) mass is 524 g/mol. The summed E-state index contributed by atoms with van der Waals surface area (Å²) in [6.07, 6.45) is 0. The van der Waals surface area contributed by atoms with Gasteiger partial charge in [-0.3, -0.25) is 9.69 Å². The lowest BCUT2D eigenvalue weighted by Gasteiger charge is -2.48. The topological polar surface area (TPSA) is 88.9 Å². The SMILES string of the molecule is C[C@@H]1CN(c2c(C#N)c(=O)n(C)c3ccc(C#N)nc23)[C@@H](C)CN1C(c1ccc(F)cc1)c1ccc(F)cc1. The second-order valence-electron chi connectivity index (χ2n) is 9.93. The van der Waals surface area contributed by atoms with Gasteiger partial charge in [0.25, 0.3) is 5.56 Å². The van der Waals surface area contributed by atoms with Crippen molar-refractivity contribution >= 4 is 16.7 Å². The quantitative estimate of drug-likeness (QED) is 0.386. The molecule has 0 radical (unpaired) electrons. The number of anilines is 1. The molecule has 2 aromatic heterocycles. The minimum absolute atomic E-state index is 0.0197. The molecule has 2 atom stereocenters. The van der Waals surface area contributed by atoms with Crippen molar-refractivity contribution in [1.29, 1.82) is 10.5 Å². The molecule has 5 rings (SSSR count). The number of nitriles is 2. The largest absolute Gasteiger partial charge is 0.363 e. The fourth-order valence-corrected chi connectivity index (χ4v) is 5.53. The van der Waals surface area contributed by atoms with Gasteiger partial charge in [0.1, 0.15) is 40.5 Å². The fraction of sp³-hybridized carbons (Fsp3) is 0.267. The molecule has 2 aromatic carbocycles. The van der Waals surface area contributed by atoms with Crippen molar-refractivity contribution < 1.29 is 8.78 Å². The molecule has 3 heterocycles. The van der Waals surface area contributed by atoms with E-state index < -0.39 is 5.56 Å². The van der Waals surface area contributed by atoms with Gasteiger partial charge in [0.05, 0.1) is 17.2 Å². The first kappa shape index (κ1) is 26.0. The summed E-state index contributed by atoms with van der Waals surface area (Å²) in [5, 5.41) is 19.5. The maximum absolute atomic E-state index is 13.8. The van der Waals surface area contributed by atoms with Gasteiger partial charge in [0, 0.05) is 32.2 Å². The summed E-state index contributed by atoms with van der Waals surface area (Å²) >= 11 is 0. The van der Waals surface area contributed by atoms with Crippen LogP contribution >= 0.6 is 0 Å². The first-order valence-electron chi connectivity index (χ1n) is 12.6. The Morgan fingerprint density at radius 3 is 2.00 bits per heavy atom. The minimum atomic E-state index is -0.427. The normalized spacial score (nSPS) is 17.8. The van der Waals surface area contributed by atoms with Crippen LogP contribution in [0.25, 0.3) is 11.0 Å². The summed E-state index contributed by atoms with van der Waals surface area (Å²) < 4.78 is 29.0. The van der Waals surface area contributed by atoms with E-state index in [2.05, 4.69) is 16.0 Å². The van der Waals surface area contributed by atoms with E-state index in [4.69, 9.17) is 0 Å². The number of fused-ring (bicyclic) bond motifs is 1. The van der Waals surface area contributed by atoms with Gasteiger partial charge in [-0.05, 0) is 61.4 Å². The zero-order valence-corrected chi connectivity index (χ0v) is 21.8. The van der Waals surface area contributed by atoms with Crippen LogP contribution < -0.4 is 10.5 Å². The van der Waals surface area contributed by atoms with Crippen LogP contribution in [0.15, 0.2) is 65.5 Å². The molecule has 0 N–H and O–H groups in total. The Labute approximate surface area is 224 Å². The van der Waals surface area contributed by atoms with Gasteiger partial charge >= 0.3 is 0 Å². The van der Waals surface area contributed by atoms with Crippen LogP contribution in [0.1, 0.15) is 42.3 Å². The molecule has 1 saturated heterocycles. The highest BCUT2D eigenvalue weighted by Crippen LogP contribution is 2.37. The molecular weight excluding hydrogens is 498 g/mol. The number of aromatic nitrogens is 2. The number of hydrogen-bond acceptors (Lipinski definition) is 6. The van der Waals surface area contributed by atoms with E-state index in [-0.39, 0.29) is 41.0 Å². The average Bonchev–Trinajstić information content (AvgIpc) is 2.94. The van der Waals surface area contributed by atoms with Crippen molar-refractivity contribution in [3.8, 4) is 12.1 Å². The van der Waals surface area contributed by atoms with E-state index in [0.717, 1.165) is 11.1 Å². The molecule has 196 valence electrons. The van der Waals surface area contributed by atoms with Gasteiger partial charge in [-0.25, -0.2) is 13.8 Å². The summed E-state index contributed by atoms with van der Waals surface area (Å²) in [6.45, 7) is 5.03. The Bertz CT molecular complexity index is 1640. The molecule has 0 bridgehead atoms. The highest BCUT2D eigenvalue weighted by atomic mass is 19.1. The van der Waals surface area contributed by atoms with E-state index in [0.29, 0.717) is 29.8 Å². The van der Waals surface area contributed by atoms with Crippen molar-refractivity contribution in [3.63, 3.8) is 0 Å². The molecular formula is C30H26F2N6O. The Morgan fingerprint density at radius 2 is 1.46 bits per heavy atom. The lowest BCUT2D eigenvalue weighted by Crippen LogP contribution is -2.58. The number of nitrogens with zero attached hydrogens (tertiary/aromatic N) is 6. The smallest absolute Gasteiger partial charge is 0.270 e. The molecule has 0 spiro atoms. The zero-order valence-electron chi connectivity index (χ0n) is 21.8. The van der Waals surface area contributed by atoms with Crippen LogP contribution in [-0.2, 0) is 7.05 Å². The van der Waals surface area contributed by atoms with E-state index in [1.165, 1.54) is 28.8 Å². The number of rotatable bonds is 4. The van der Waals surface area contributed by atoms with E-state index >= 15 is 0 Å². The fourth-order valence-electron chi connectivity index (χ4n) is 5.53. The number of pyridine rings is 2. The Hall–Kier alpha value is -4.60. The summed E-state index contributed by atoms with van der Waals surface area (Å²) in [5.41, 5.74) is 2.86. The first-order chi connectivity index (χ1) is 18.7. The molecule has 9 heteroatoms. The van der Waals surface area contributed by atoms with Crippen LogP contribution in [0.4, 0.5) is 14.5 Å². The third-order valence-corrected chi connectivity index (χ3v) is 7.47. The second kappa shape index (κ2) is 10.3. The van der Waals surface area contributed by atoms with Crippen molar-refractivity contribution in [1.82, 2.24) is 14.5 Å². The van der Waals surface area contributed by atoms with Crippen LogP contribution in [-0.4, -0.2) is 39.6 Å². The third kappa shape index (κ3) is 4.62. The third-order valence-electron chi connectivity index (χ3n) is 7.47. The molecule has 1 fully saturated rings. The second-order valence-corrected chi connectivity index (χ2v) is 9.93. The first-order valence-corrected chi connectivity index (χ1v) is 12.6. The van der Waals surface area contributed by atoms with Crippen molar-refractivity contribution in [2.45, 2.75) is 32.0 Å². The molecule has 7 nitrogen and oxygen atoms in total. The van der Waals surface area contributed by atoms with Gasteiger partial charge in [-0.1, -0.05) is 24.3 Å². The van der Waals surface area contributed by atoms with Crippen molar-refractivity contribution in [3.05, 3.63) is 105 Å². The maximum Gasteiger partial charge on any atom is 0.270 e. The van der Waals surface area contributed by atoms with Gasteiger partial charge in [0.15, 0.2) is 0 Å². The predicted octanol–water partition coefficient (Wildman–Crippen LogP) is 4.64. The minimum Gasteiger partial charge on any atom is -0.363 e. The lowest BCUT2D eigenvalue weighted by atomic mass is 9.93. The summed E-state index contributed by atoms with van der Waals surface area (Å²) in [6, 6.07) is 19.4. The van der Waals surface area contributed by atoms with Crippen LogP contribution in [0, 0.1) is 34.3 Å². The van der Waals surface area contributed by atoms with Crippen molar-refractivity contribution in [2.75, 3.05) is 18.0 Å². The van der Waals surface area contributed by atoms with Gasteiger partial charge in [-0.15, -0.1) is 0 Å². The molecule has 4 aromatic rings. The lowest BCUT2D eigenvalue weighted by molar-refractivity contribution is 0.130. The van der Waals surface area contributed by atoms with Gasteiger partial charge in [0.2, 0.25) is 0 Å². The molecule has 0 saturated carbocycles. The standard InChI is InChI=1S/C30H26F2N6O/c1-18-17-38(29-25(15-34)30(39)36(3)26-13-12-24(14-33)35-27(26)29)19(2)16-37(18)28(20-4-8-22(31)9-5-20)21-6-10-23(32)11-7-21/h4-13,18-19,28H,16-17H2,1-3H3/t18-,19+/m1/s1. The predicted molar refractivity (Wildman–Crippen MR) is 144 cm³/mol. The number of hydrogen-bond donors (Lipinski definition) is 0. The molecule has 0 unspecified atom stereocenters. The Morgan fingerprint density at radius 1 is 0.872 bits per heavy atom. The van der Waals surface area contributed by atoms with Gasteiger partial charge < -0.3 is 9.47 Å². The number of aryl methyl sites for hydroxylation is 1. The molecule has 0 aliphatic carbocycles. The Balaban J connectivity index is 1.61. The van der Waals surface area contributed by atoms with Crippen LogP contribution in [0.3, 0.4) is 0 Å². The van der Waals surface area contributed by atoms with E-state index in [9.17, 15) is 24.1 Å². The van der Waals surface area contributed by atoms with Crippen LogP contribution in [0.5, 0.6) is 0 Å². The summed E-state index contributed by atoms with van der Waals surface area (Å²) in [4.78, 5) is 22.0. The maximum atomic E-state index is 13.8. The zero-order chi connectivity index (χ0) is 27.8. The number of benzene rings is 2. The molecule has 39 heavy (non-hydrogen) atoms. The van der Waals surface area contributed by atoms with Crippen molar-refractivity contribution in [2.24, 2.45) is 7.05 Å². The molecule has 0 amide bonds. The van der Waals surface area contributed by atoms with Crippen LogP contribution in [0.2, 0.25) is 0 Å². The number of piperazine rings is 1. The van der Waals surface area contributed by atoms with E-state index in [1.807, 2.05) is 24.8 Å². The summed E-state index contributed by atoms with van der Waals surface area (Å²) in [7, 11) is 1.59. The van der Waals surface area contributed by atoms with E-state index in [1.54, 1.807) is 43.4 Å².